The van der Waals surface area contributed by atoms with Gasteiger partial charge in [-0.15, -0.1) is 0 Å². The van der Waals surface area contributed by atoms with Crippen LogP contribution in [0.4, 0.5) is 4.79 Å². The van der Waals surface area contributed by atoms with E-state index < -0.39 is 122 Å². The standard InChI is InChI=1S/C25H43N13O11/c26-2-1-15(41)9(27)3-16(42)32-11-5-30-23(48)18(10-4-17(43)37-24(28)36-10)38-20(45)12(6-31-25(29)49)33-21(46)13(7-39)35-22(47)14(8-40)34-19(11)44/h6,9-11,13-15,17-18,39-41,43H,1-5,7-8,26-27H2,(H,30,48)(H,32,42)(H,33,46)(H,34,44)(H,35,47)(H,38,45)(H3,28,36,37)(H3,29,31,49)/b12-6-/t9-,10-,11?,13?,14?,15?,17+,18?/m1/s1. The van der Waals surface area contributed by atoms with Gasteiger partial charge in [0.25, 0.3) is 5.91 Å². The van der Waals surface area contributed by atoms with Crippen LogP contribution in [0.15, 0.2) is 16.9 Å². The molecule has 0 radical (unpaired) electrons. The topological polar surface area (TPSA) is 413 Å². The molecule has 2 heterocycles. The maximum atomic E-state index is 13.6. The smallest absolute Gasteiger partial charge is 0.316 e. The molecule has 2 aliphatic heterocycles. The molecule has 8 atom stereocenters. The minimum Gasteiger partial charge on any atom is -0.394 e. The van der Waals surface area contributed by atoms with Crippen LogP contribution in [0.2, 0.25) is 0 Å². The van der Waals surface area contributed by atoms with E-state index in [-0.39, 0.29) is 25.3 Å². The monoisotopic (exact) mass is 701 g/mol. The Labute approximate surface area is 278 Å². The number of carbonyl (C=O) groups excluding carboxylic acids is 7. The Morgan fingerprint density at radius 2 is 1.61 bits per heavy atom. The molecule has 0 saturated carbocycles. The number of hydrogen-bond donors (Lipinski definition) is 16. The van der Waals surface area contributed by atoms with Crippen molar-refractivity contribution in [2.75, 3.05) is 26.3 Å². The first-order valence-electron chi connectivity index (χ1n) is 14.8. The van der Waals surface area contributed by atoms with E-state index >= 15 is 0 Å². The molecule has 2 rings (SSSR count). The zero-order valence-corrected chi connectivity index (χ0v) is 26.0. The minimum atomic E-state index is -1.81. The van der Waals surface area contributed by atoms with Crippen molar-refractivity contribution in [1.29, 1.82) is 0 Å². The summed E-state index contributed by atoms with van der Waals surface area (Å²) >= 11 is 0. The van der Waals surface area contributed by atoms with Crippen LogP contribution in [0.3, 0.4) is 0 Å². The molecule has 5 unspecified atom stereocenters. The predicted octanol–water partition coefficient (Wildman–Crippen LogP) is -9.91. The van der Waals surface area contributed by atoms with Gasteiger partial charge in [0.15, 0.2) is 12.2 Å². The fourth-order valence-electron chi connectivity index (χ4n) is 4.48. The number of aliphatic imine (C=N–C) groups is 1. The first-order valence-corrected chi connectivity index (χ1v) is 14.8. The maximum Gasteiger partial charge on any atom is 0.316 e. The molecule has 0 spiro atoms. The summed E-state index contributed by atoms with van der Waals surface area (Å²) in [4.78, 5) is 94.0. The summed E-state index contributed by atoms with van der Waals surface area (Å²) < 4.78 is 0. The number of nitrogens with two attached hydrogens (primary N) is 4. The van der Waals surface area contributed by atoms with Crippen LogP contribution >= 0.6 is 0 Å². The minimum absolute atomic E-state index is 0.0658. The molecule has 1 fully saturated rings. The van der Waals surface area contributed by atoms with E-state index in [1.165, 1.54) is 0 Å². The highest BCUT2D eigenvalue weighted by Gasteiger charge is 2.37. The Balaban J connectivity index is 2.55. The second-order valence-electron chi connectivity index (χ2n) is 10.9. The Morgan fingerprint density at radius 3 is 2.20 bits per heavy atom. The molecular weight excluding hydrogens is 658 g/mol. The van der Waals surface area contributed by atoms with Crippen molar-refractivity contribution in [2.45, 2.75) is 67.8 Å². The number of hydrogen-bond acceptors (Lipinski definition) is 16. The SMILES string of the molecule is NCCC(O)[C@H](N)CC(=O)NC1CNC(=O)C([C@H]2C[C@H](O)N=C(N)N2)NC(=O)/C(=C/NC(N)=O)NC(=O)C(CO)NC(=O)C(CO)NC1=O. The van der Waals surface area contributed by atoms with Gasteiger partial charge in [0, 0.05) is 31.6 Å². The summed E-state index contributed by atoms with van der Waals surface area (Å²) in [5, 5.41) is 57.7. The molecule has 274 valence electrons. The second kappa shape index (κ2) is 19.0. The highest BCUT2D eigenvalue weighted by Crippen LogP contribution is 2.11. The van der Waals surface area contributed by atoms with E-state index in [2.05, 4.69) is 42.2 Å². The van der Waals surface area contributed by atoms with Crippen LogP contribution in [0.25, 0.3) is 0 Å². The van der Waals surface area contributed by atoms with Crippen molar-refractivity contribution >= 4 is 47.4 Å². The van der Waals surface area contributed by atoms with Crippen molar-refractivity contribution in [3.8, 4) is 0 Å². The summed E-state index contributed by atoms with van der Waals surface area (Å²) in [5.74, 6) is -7.02. The lowest BCUT2D eigenvalue weighted by Gasteiger charge is -2.33. The lowest BCUT2D eigenvalue weighted by molar-refractivity contribution is -0.135. The molecular formula is C25H43N13O11. The lowest BCUT2D eigenvalue weighted by Crippen LogP contribution is -2.65. The highest BCUT2D eigenvalue weighted by molar-refractivity contribution is 6.02. The van der Waals surface area contributed by atoms with E-state index in [0.717, 1.165) is 0 Å². The summed E-state index contributed by atoms with van der Waals surface area (Å²) in [7, 11) is 0. The lowest BCUT2D eigenvalue weighted by atomic mass is 10.0. The normalized spacial score (nSPS) is 27.9. The van der Waals surface area contributed by atoms with Crippen LogP contribution in [0.1, 0.15) is 19.3 Å². The molecule has 0 aromatic rings. The predicted molar refractivity (Wildman–Crippen MR) is 165 cm³/mol. The van der Waals surface area contributed by atoms with E-state index in [1.54, 1.807) is 0 Å². The fraction of sp³-hybridized carbons (Fsp3) is 0.600. The number of primary amides is 1. The van der Waals surface area contributed by atoms with Gasteiger partial charge in [0.05, 0.1) is 25.4 Å². The number of aliphatic hydroxyl groups excluding tert-OH is 4. The zero-order valence-electron chi connectivity index (χ0n) is 26.0. The van der Waals surface area contributed by atoms with Gasteiger partial charge in [-0.25, -0.2) is 9.79 Å². The van der Waals surface area contributed by atoms with Crippen molar-refractivity contribution in [3.63, 3.8) is 0 Å². The molecule has 0 bridgehead atoms. The van der Waals surface area contributed by atoms with Crippen molar-refractivity contribution in [3.05, 3.63) is 11.9 Å². The Hall–Kier alpha value is -5.14. The van der Waals surface area contributed by atoms with E-state index in [0.29, 0.717) is 6.20 Å². The van der Waals surface area contributed by atoms with Crippen molar-refractivity contribution in [1.82, 2.24) is 42.5 Å². The Morgan fingerprint density at radius 1 is 0.980 bits per heavy atom. The maximum absolute atomic E-state index is 13.6. The first-order chi connectivity index (χ1) is 23.1. The van der Waals surface area contributed by atoms with E-state index in [1.807, 2.05) is 5.32 Å². The quantitative estimate of drug-likeness (QED) is 0.0940. The Kier molecular flexibility index (Phi) is 15.5. The summed E-state index contributed by atoms with van der Waals surface area (Å²) in [6.07, 6.45) is -2.69. The number of amides is 8. The fourth-order valence-corrected chi connectivity index (χ4v) is 4.48. The van der Waals surface area contributed by atoms with Crippen LogP contribution in [0, 0.1) is 0 Å². The largest absolute Gasteiger partial charge is 0.394 e. The van der Waals surface area contributed by atoms with Gasteiger partial charge in [-0.2, -0.15) is 0 Å². The number of nitrogens with one attached hydrogen (secondary N) is 8. The number of rotatable bonds is 10. The van der Waals surface area contributed by atoms with Crippen LogP contribution < -0.4 is 65.5 Å². The van der Waals surface area contributed by atoms with Gasteiger partial charge in [-0.1, -0.05) is 0 Å². The van der Waals surface area contributed by atoms with Gasteiger partial charge in [-0.05, 0) is 13.0 Å². The molecule has 24 nitrogen and oxygen atoms in total. The zero-order chi connectivity index (χ0) is 36.8. The number of nitrogens with zero attached hydrogens (tertiary/aromatic N) is 1. The van der Waals surface area contributed by atoms with Crippen LogP contribution in [-0.2, 0) is 28.8 Å². The van der Waals surface area contributed by atoms with Gasteiger partial charge < -0.3 is 85.9 Å². The van der Waals surface area contributed by atoms with E-state index in [4.69, 9.17) is 22.9 Å². The number of aliphatic hydroxyl groups is 4. The molecule has 0 aromatic heterocycles. The van der Waals surface area contributed by atoms with E-state index in [9.17, 15) is 54.0 Å². The van der Waals surface area contributed by atoms with Crippen LogP contribution in [-0.4, -0.2) is 143 Å². The summed E-state index contributed by atoms with van der Waals surface area (Å²) in [6, 6.07) is -10.4. The third-order valence-corrected chi connectivity index (χ3v) is 7.06. The average Bonchev–Trinajstić information content (AvgIpc) is 3.03. The molecule has 20 N–H and O–H groups in total. The summed E-state index contributed by atoms with van der Waals surface area (Å²) in [5.41, 5.74) is 21.3. The van der Waals surface area contributed by atoms with Gasteiger partial charge in [-0.3, -0.25) is 28.8 Å². The molecule has 2 aliphatic rings. The third kappa shape index (κ3) is 12.4. The first kappa shape index (κ1) is 40.0. The second-order valence-corrected chi connectivity index (χ2v) is 10.9. The molecule has 0 aliphatic carbocycles. The number of guanidine groups is 1. The Bertz CT molecular complexity index is 1310. The van der Waals surface area contributed by atoms with Crippen molar-refractivity contribution in [2.24, 2.45) is 27.9 Å². The average molecular weight is 702 g/mol. The molecule has 24 heteroatoms. The molecule has 8 amide bonds. The van der Waals surface area contributed by atoms with Gasteiger partial charge >= 0.3 is 6.03 Å². The highest BCUT2D eigenvalue weighted by atomic mass is 16.3. The molecule has 49 heavy (non-hydrogen) atoms. The van der Waals surface area contributed by atoms with Gasteiger partial charge in [0.1, 0.15) is 29.9 Å². The third-order valence-electron chi connectivity index (χ3n) is 7.06. The van der Waals surface area contributed by atoms with Crippen LogP contribution in [0.5, 0.6) is 0 Å². The number of carbonyl (C=O) groups is 7. The van der Waals surface area contributed by atoms with Gasteiger partial charge in [0.2, 0.25) is 29.5 Å². The molecule has 0 aromatic carbocycles. The molecule has 1 saturated heterocycles. The van der Waals surface area contributed by atoms with Crippen molar-refractivity contribution < 1.29 is 54.0 Å². The summed E-state index contributed by atoms with van der Waals surface area (Å²) in [6.45, 7) is -2.75. The number of urea groups is 1.